The molecule has 0 heterocycles. The predicted molar refractivity (Wildman–Crippen MR) is 55.1 cm³/mol. The second-order valence-corrected chi connectivity index (χ2v) is 3.46. The van der Waals surface area contributed by atoms with Crippen LogP contribution in [0.1, 0.15) is 5.56 Å². The summed E-state index contributed by atoms with van der Waals surface area (Å²) in [5.41, 5.74) is 6.93. The molecule has 1 rings (SSSR count). The third-order valence-corrected chi connectivity index (χ3v) is 2.16. The van der Waals surface area contributed by atoms with Crippen molar-refractivity contribution >= 4 is 0 Å². The minimum absolute atomic E-state index is 0.0645. The van der Waals surface area contributed by atoms with Crippen molar-refractivity contribution in [3.8, 4) is 5.75 Å². The van der Waals surface area contributed by atoms with Crippen LogP contribution in [0.15, 0.2) is 24.3 Å². The smallest absolute Gasteiger partial charge is 0.423 e. The van der Waals surface area contributed by atoms with Crippen LogP contribution >= 0.6 is 0 Å². The summed E-state index contributed by atoms with van der Waals surface area (Å²) in [6, 6.07) is 4.90. The molecule has 0 atom stereocenters. The van der Waals surface area contributed by atoms with Crippen LogP contribution in [0, 0.1) is 0 Å². The zero-order chi connectivity index (χ0) is 13.1. The lowest BCUT2D eigenvalue weighted by Gasteiger charge is -2.27. The molecule has 0 amide bonds. The van der Waals surface area contributed by atoms with Crippen LogP contribution < -0.4 is 16.2 Å². The largest absolute Gasteiger partial charge is 0.491 e. The fraction of sp³-hybridized carbons (Fsp3) is 0.400. The van der Waals surface area contributed by atoms with Crippen molar-refractivity contribution in [2.45, 2.75) is 11.8 Å². The van der Waals surface area contributed by atoms with Crippen LogP contribution in [-0.4, -0.2) is 24.5 Å². The fourth-order valence-electron chi connectivity index (χ4n) is 1.15. The van der Waals surface area contributed by atoms with Gasteiger partial charge in [0, 0.05) is 0 Å². The third-order valence-electron chi connectivity index (χ3n) is 2.16. The molecule has 0 spiro atoms. The average molecular weight is 250 g/mol. The quantitative estimate of drug-likeness (QED) is 0.687. The second kappa shape index (κ2) is 4.91. The molecule has 4 nitrogen and oxygen atoms in total. The van der Waals surface area contributed by atoms with Crippen molar-refractivity contribution in [3.63, 3.8) is 0 Å². The zero-order valence-corrected chi connectivity index (χ0v) is 8.87. The van der Waals surface area contributed by atoms with Gasteiger partial charge >= 0.3 is 6.18 Å². The highest BCUT2D eigenvalue weighted by Gasteiger charge is 2.50. The Bertz CT molecular complexity index is 363. The number of benzene rings is 1. The lowest BCUT2D eigenvalue weighted by atomic mass is 10.0. The number of nitrogens with two attached hydrogens (primary N) is 2. The van der Waals surface area contributed by atoms with Crippen molar-refractivity contribution in [1.29, 1.82) is 0 Å². The van der Waals surface area contributed by atoms with Crippen LogP contribution in [0.2, 0.25) is 0 Å². The highest BCUT2D eigenvalue weighted by atomic mass is 19.4. The van der Waals surface area contributed by atoms with Gasteiger partial charge in [-0.1, -0.05) is 12.1 Å². The normalized spacial score (nSPS) is 12.6. The Morgan fingerprint density at radius 2 is 1.65 bits per heavy atom. The molecule has 1 aromatic carbocycles. The standard InChI is InChI=1S/C10H13F3N2O2/c11-10(12,13)9(14,15)7-1-3-8(4-2-7)17-6-5-16/h1-4,16H,5-6,14-15H2. The van der Waals surface area contributed by atoms with Crippen molar-refractivity contribution in [3.05, 3.63) is 29.8 Å². The second-order valence-electron chi connectivity index (χ2n) is 3.46. The minimum Gasteiger partial charge on any atom is -0.491 e. The molecular weight excluding hydrogens is 237 g/mol. The predicted octanol–water partition coefficient (Wildman–Crippen LogP) is 0.690. The Balaban J connectivity index is 2.87. The molecular formula is C10H13F3N2O2. The van der Waals surface area contributed by atoms with Gasteiger partial charge in [-0.3, -0.25) is 0 Å². The number of rotatable bonds is 4. The van der Waals surface area contributed by atoms with Gasteiger partial charge in [0.1, 0.15) is 12.4 Å². The van der Waals surface area contributed by atoms with Gasteiger partial charge in [0.05, 0.1) is 6.61 Å². The van der Waals surface area contributed by atoms with E-state index in [9.17, 15) is 13.2 Å². The van der Waals surface area contributed by atoms with Crippen molar-refractivity contribution < 1.29 is 23.0 Å². The van der Waals surface area contributed by atoms with E-state index >= 15 is 0 Å². The van der Waals surface area contributed by atoms with E-state index in [0.29, 0.717) is 5.75 Å². The highest BCUT2D eigenvalue weighted by Crippen LogP contribution is 2.32. The molecule has 7 heteroatoms. The maximum Gasteiger partial charge on any atom is 0.423 e. The molecule has 0 unspecified atom stereocenters. The molecule has 0 radical (unpaired) electrons. The van der Waals surface area contributed by atoms with E-state index in [1.165, 1.54) is 12.1 Å². The Morgan fingerprint density at radius 1 is 1.12 bits per heavy atom. The molecule has 0 fully saturated rings. The van der Waals surface area contributed by atoms with E-state index < -0.39 is 11.8 Å². The number of ether oxygens (including phenoxy) is 1. The third kappa shape index (κ3) is 3.09. The summed E-state index contributed by atoms with van der Waals surface area (Å²) in [7, 11) is 0. The Labute approximate surface area is 96.0 Å². The summed E-state index contributed by atoms with van der Waals surface area (Å²) in [5, 5.41) is 8.50. The molecule has 5 N–H and O–H groups in total. The molecule has 0 saturated heterocycles. The van der Waals surface area contributed by atoms with Gasteiger partial charge < -0.3 is 21.3 Å². The molecule has 0 aliphatic rings. The van der Waals surface area contributed by atoms with Gasteiger partial charge in [-0.2, -0.15) is 13.2 Å². The van der Waals surface area contributed by atoms with E-state index in [1.807, 2.05) is 0 Å². The van der Waals surface area contributed by atoms with Crippen molar-refractivity contribution in [1.82, 2.24) is 0 Å². The van der Waals surface area contributed by atoms with Gasteiger partial charge in [-0.25, -0.2) is 0 Å². The lowest BCUT2D eigenvalue weighted by molar-refractivity contribution is -0.188. The Kier molecular flexibility index (Phi) is 3.97. The maximum atomic E-state index is 12.5. The van der Waals surface area contributed by atoms with Crippen LogP contribution in [-0.2, 0) is 5.66 Å². The summed E-state index contributed by atoms with van der Waals surface area (Å²) >= 11 is 0. The topological polar surface area (TPSA) is 81.5 Å². The molecule has 0 aromatic heterocycles. The van der Waals surface area contributed by atoms with E-state index in [-0.39, 0.29) is 18.8 Å². The average Bonchev–Trinajstić information content (AvgIpc) is 2.25. The summed E-state index contributed by atoms with van der Waals surface area (Å²) in [6.07, 6.45) is -4.74. The van der Waals surface area contributed by atoms with Gasteiger partial charge in [0.2, 0.25) is 0 Å². The number of hydrogen-bond donors (Lipinski definition) is 3. The molecule has 0 bridgehead atoms. The highest BCUT2D eigenvalue weighted by molar-refractivity contribution is 5.32. The summed E-state index contributed by atoms with van der Waals surface area (Å²) in [4.78, 5) is 0. The van der Waals surface area contributed by atoms with E-state index in [1.54, 1.807) is 0 Å². The molecule has 96 valence electrons. The minimum atomic E-state index is -4.74. The molecule has 0 aliphatic carbocycles. The van der Waals surface area contributed by atoms with Gasteiger partial charge in [0.25, 0.3) is 0 Å². The zero-order valence-electron chi connectivity index (χ0n) is 8.87. The van der Waals surface area contributed by atoms with Gasteiger partial charge in [0.15, 0.2) is 5.66 Å². The number of aliphatic hydroxyl groups is 1. The molecule has 0 saturated carbocycles. The SMILES string of the molecule is NC(N)(c1ccc(OCCO)cc1)C(F)(F)F. The Morgan fingerprint density at radius 3 is 2.06 bits per heavy atom. The lowest BCUT2D eigenvalue weighted by Crippen LogP contribution is -2.57. The maximum absolute atomic E-state index is 12.5. The summed E-state index contributed by atoms with van der Waals surface area (Å²) in [5.74, 6) is 0.334. The molecule has 0 aliphatic heterocycles. The van der Waals surface area contributed by atoms with Crippen molar-refractivity contribution in [2.24, 2.45) is 11.5 Å². The first-order valence-electron chi connectivity index (χ1n) is 4.77. The van der Waals surface area contributed by atoms with Crippen LogP contribution in [0.5, 0.6) is 5.75 Å². The van der Waals surface area contributed by atoms with Crippen molar-refractivity contribution in [2.75, 3.05) is 13.2 Å². The monoisotopic (exact) mass is 250 g/mol. The van der Waals surface area contributed by atoms with Gasteiger partial charge in [-0.05, 0) is 17.7 Å². The summed E-state index contributed by atoms with van der Waals surface area (Å²) in [6.45, 7) is -0.114. The Hall–Kier alpha value is -1.31. The number of alkyl halides is 3. The number of hydrogen-bond acceptors (Lipinski definition) is 4. The van der Waals surface area contributed by atoms with E-state index in [4.69, 9.17) is 21.3 Å². The van der Waals surface area contributed by atoms with E-state index in [2.05, 4.69) is 0 Å². The summed E-state index contributed by atoms with van der Waals surface area (Å²) < 4.78 is 42.5. The van der Waals surface area contributed by atoms with Crippen LogP contribution in [0.3, 0.4) is 0 Å². The first kappa shape index (κ1) is 13.8. The number of halogens is 3. The fourth-order valence-corrected chi connectivity index (χ4v) is 1.15. The first-order chi connectivity index (χ1) is 7.79. The van der Waals surface area contributed by atoms with Gasteiger partial charge in [-0.15, -0.1) is 0 Å². The van der Waals surface area contributed by atoms with Crippen LogP contribution in [0.4, 0.5) is 13.2 Å². The van der Waals surface area contributed by atoms with E-state index in [0.717, 1.165) is 12.1 Å². The van der Waals surface area contributed by atoms with Crippen LogP contribution in [0.25, 0.3) is 0 Å². The first-order valence-corrected chi connectivity index (χ1v) is 4.77. The molecule has 17 heavy (non-hydrogen) atoms. The number of aliphatic hydroxyl groups excluding tert-OH is 1. The molecule has 1 aromatic rings.